The first-order valence-corrected chi connectivity index (χ1v) is 7.36. The molecule has 3 rings (SSSR count). The van der Waals surface area contributed by atoms with Gasteiger partial charge in [-0.2, -0.15) is 0 Å². The van der Waals surface area contributed by atoms with E-state index in [0.717, 1.165) is 32.0 Å². The molecule has 3 unspecified atom stereocenters. The number of nitrogens with zero attached hydrogens (tertiary/aromatic N) is 1. The smallest absolute Gasteiger partial charge is 0.0583 e. The van der Waals surface area contributed by atoms with Crippen LogP contribution in [0.4, 0.5) is 0 Å². The quantitative estimate of drug-likeness (QED) is 0.869. The van der Waals surface area contributed by atoms with Gasteiger partial charge in [0.15, 0.2) is 0 Å². The molecule has 0 spiro atoms. The van der Waals surface area contributed by atoms with Gasteiger partial charge in [0.2, 0.25) is 0 Å². The molecule has 0 amide bonds. The van der Waals surface area contributed by atoms with Gasteiger partial charge in [-0.3, -0.25) is 4.90 Å². The summed E-state index contributed by atoms with van der Waals surface area (Å²) >= 11 is 0. The molecule has 0 radical (unpaired) electrons. The first-order valence-electron chi connectivity index (χ1n) is 7.36. The van der Waals surface area contributed by atoms with Gasteiger partial charge in [-0.25, -0.2) is 0 Å². The van der Waals surface area contributed by atoms with Crippen LogP contribution in [0.15, 0.2) is 18.2 Å². The van der Waals surface area contributed by atoms with Crippen molar-refractivity contribution in [2.75, 3.05) is 13.1 Å². The van der Waals surface area contributed by atoms with E-state index >= 15 is 0 Å². The highest BCUT2D eigenvalue weighted by Crippen LogP contribution is 2.38. The van der Waals surface area contributed by atoms with Crippen LogP contribution in [0.2, 0.25) is 0 Å². The average molecular weight is 260 g/mol. The number of aryl methyl sites for hydroxylation is 1. The molecule has 1 saturated heterocycles. The van der Waals surface area contributed by atoms with Crippen LogP contribution in [0.1, 0.15) is 29.5 Å². The summed E-state index contributed by atoms with van der Waals surface area (Å²) in [4.78, 5) is 2.50. The molecule has 3 heteroatoms. The van der Waals surface area contributed by atoms with Gasteiger partial charge in [0, 0.05) is 32.1 Å². The molecule has 1 aliphatic heterocycles. The molecule has 19 heavy (non-hydrogen) atoms. The summed E-state index contributed by atoms with van der Waals surface area (Å²) in [6.45, 7) is 6.00. The molecular weight excluding hydrogens is 236 g/mol. The lowest BCUT2D eigenvalue weighted by Crippen LogP contribution is -2.24. The Morgan fingerprint density at radius 2 is 2.16 bits per heavy atom. The molecule has 104 valence electrons. The van der Waals surface area contributed by atoms with E-state index in [0.29, 0.717) is 12.5 Å². The zero-order valence-electron chi connectivity index (χ0n) is 11.7. The topological polar surface area (TPSA) is 49.5 Å². The number of hydrogen-bond acceptors (Lipinski definition) is 3. The van der Waals surface area contributed by atoms with Gasteiger partial charge in [0.1, 0.15) is 0 Å². The van der Waals surface area contributed by atoms with Crippen LogP contribution in [-0.2, 0) is 13.1 Å². The van der Waals surface area contributed by atoms with Crippen molar-refractivity contribution in [2.45, 2.75) is 39.0 Å². The van der Waals surface area contributed by atoms with E-state index in [2.05, 4.69) is 30.0 Å². The Hall–Kier alpha value is -0.900. The Labute approximate surface area is 115 Å². The highest BCUT2D eigenvalue weighted by Gasteiger charge is 2.41. The molecule has 0 bridgehead atoms. The number of aliphatic hydroxyl groups excluding tert-OH is 1. The largest absolute Gasteiger partial charge is 0.393 e. The van der Waals surface area contributed by atoms with Crippen molar-refractivity contribution in [3.63, 3.8) is 0 Å². The lowest BCUT2D eigenvalue weighted by molar-refractivity contribution is 0.123. The first-order chi connectivity index (χ1) is 9.17. The maximum absolute atomic E-state index is 9.97. The van der Waals surface area contributed by atoms with Gasteiger partial charge in [0.05, 0.1) is 6.10 Å². The minimum absolute atomic E-state index is 0.0595. The summed E-state index contributed by atoms with van der Waals surface area (Å²) < 4.78 is 0. The van der Waals surface area contributed by atoms with Gasteiger partial charge >= 0.3 is 0 Å². The molecule has 1 aromatic rings. The highest BCUT2D eigenvalue weighted by molar-refractivity contribution is 5.31. The number of hydrogen-bond donors (Lipinski definition) is 2. The summed E-state index contributed by atoms with van der Waals surface area (Å²) in [5, 5.41) is 9.97. The predicted octanol–water partition coefficient (Wildman–Crippen LogP) is 1.66. The third-order valence-electron chi connectivity index (χ3n) is 4.93. The van der Waals surface area contributed by atoms with Gasteiger partial charge in [-0.05, 0) is 42.4 Å². The van der Waals surface area contributed by atoms with Crippen molar-refractivity contribution < 1.29 is 5.11 Å². The van der Waals surface area contributed by atoms with Gasteiger partial charge in [-0.15, -0.1) is 0 Å². The Balaban J connectivity index is 1.66. The predicted molar refractivity (Wildman–Crippen MR) is 76.6 cm³/mol. The lowest BCUT2D eigenvalue weighted by atomic mass is 10.00. The van der Waals surface area contributed by atoms with Crippen molar-refractivity contribution in [1.82, 2.24) is 4.90 Å². The van der Waals surface area contributed by atoms with E-state index in [-0.39, 0.29) is 6.10 Å². The van der Waals surface area contributed by atoms with Gasteiger partial charge in [-0.1, -0.05) is 18.2 Å². The van der Waals surface area contributed by atoms with Crippen LogP contribution in [-0.4, -0.2) is 29.2 Å². The molecular formula is C16H24N2O. The first kappa shape index (κ1) is 13.1. The second-order valence-electron chi connectivity index (χ2n) is 6.23. The molecule has 3 N–H and O–H groups in total. The number of rotatable bonds is 3. The van der Waals surface area contributed by atoms with Crippen molar-refractivity contribution in [3.05, 3.63) is 34.9 Å². The normalized spacial score (nSPS) is 30.8. The molecule has 1 aromatic carbocycles. The van der Waals surface area contributed by atoms with E-state index in [1.165, 1.54) is 23.1 Å². The Morgan fingerprint density at radius 3 is 2.84 bits per heavy atom. The maximum atomic E-state index is 9.97. The molecule has 3 atom stereocenters. The van der Waals surface area contributed by atoms with Crippen LogP contribution in [0.25, 0.3) is 0 Å². The highest BCUT2D eigenvalue weighted by atomic mass is 16.3. The number of fused-ring (bicyclic) bond motifs is 1. The Morgan fingerprint density at radius 1 is 1.32 bits per heavy atom. The van der Waals surface area contributed by atoms with E-state index in [9.17, 15) is 5.11 Å². The third-order valence-corrected chi connectivity index (χ3v) is 4.93. The lowest BCUT2D eigenvalue weighted by Gasteiger charge is -2.19. The van der Waals surface area contributed by atoms with E-state index in [4.69, 9.17) is 5.73 Å². The fourth-order valence-electron chi connectivity index (χ4n) is 3.76. The zero-order chi connectivity index (χ0) is 13.4. The minimum atomic E-state index is -0.0595. The maximum Gasteiger partial charge on any atom is 0.0583 e. The van der Waals surface area contributed by atoms with E-state index < -0.39 is 0 Å². The van der Waals surface area contributed by atoms with Crippen molar-refractivity contribution in [2.24, 2.45) is 17.6 Å². The average Bonchev–Trinajstić information content (AvgIpc) is 2.94. The van der Waals surface area contributed by atoms with Gasteiger partial charge in [0.25, 0.3) is 0 Å². The number of benzene rings is 1. The summed E-state index contributed by atoms with van der Waals surface area (Å²) in [7, 11) is 0. The molecule has 3 nitrogen and oxygen atoms in total. The van der Waals surface area contributed by atoms with Crippen molar-refractivity contribution in [1.29, 1.82) is 0 Å². The van der Waals surface area contributed by atoms with E-state index in [1.807, 2.05) is 0 Å². The van der Waals surface area contributed by atoms with E-state index in [1.54, 1.807) is 0 Å². The number of likely N-dealkylation sites (tertiary alicyclic amines) is 1. The van der Waals surface area contributed by atoms with Crippen molar-refractivity contribution in [3.8, 4) is 0 Å². The van der Waals surface area contributed by atoms with Crippen LogP contribution in [0, 0.1) is 18.8 Å². The van der Waals surface area contributed by atoms with Crippen LogP contribution in [0.3, 0.4) is 0 Å². The van der Waals surface area contributed by atoms with Crippen molar-refractivity contribution >= 4 is 0 Å². The SMILES string of the molecule is Cc1cc(CN)ccc1CN1CC2CCC(O)C2C1. The fraction of sp³-hybridized carbons (Fsp3) is 0.625. The van der Waals surface area contributed by atoms with Crippen LogP contribution >= 0.6 is 0 Å². The molecule has 2 fully saturated rings. The fourth-order valence-corrected chi connectivity index (χ4v) is 3.76. The third kappa shape index (κ3) is 2.55. The monoisotopic (exact) mass is 260 g/mol. The standard InChI is InChI=1S/C16H24N2O/c1-11-6-12(7-17)2-3-13(11)8-18-9-14-4-5-16(19)15(14)10-18/h2-3,6,14-16,19H,4-5,7-10,17H2,1H3. The summed E-state index contributed by atoms with van der Waals surface area (Å²) in [6, 6.07) is 6.54. The molecule has 1 heterocycles. The number of aliphatic hydroxyl groups is 1. The second-order valence-corrected chi connectivity index (χ2v) is 6.23. The zero-order valence-corrected chi connectivity index (χ0v) is 11.7. The van der Waals surface area contributed by atoms with Crippen LogP contribution < -0.4 is 5.73 Å². The van der Waals surface area contributed by atoms with Gasteiger partial charge < -0.3 is 10.8 Å². The second kappa shape index (κ2) is 5.23. The Bertz CT molecular complexity index is 460. The molecule has 2 aliphatic rings. The molecule has 1 aliphatic carbocycles. The van der Waals surface area contributed by atoms with Crippen LogP contribution in [0.5, 0.6) is 0 Å². The molecule has 1 saturated carbocycles. The minimum Gasteiger partial charge on any atom is -0.393 e. The Kier molecular flexibility index (Phi) is 3.61. The summed E-state index contributed by atoms with van der Waals surface area (Å²) in [5.41, 5.74) is 9.60. The molecule has 0 aromatic heterocycles. The summed E-state index contributed by atoms with van der Waals surface area (Å²) in [5.74, 6) is 1.24. The summed E-state index contributed by atoms with van der Waals surface area (Å²) in [6.07, 6.45) is 2.15. The number of nitrogens with two attached hydrogens (primary N) is 1.